The summed E-state index contributed by atoms with van der Waals surface area (Å²) in [6.45, 7) is 3.43. The van der Waals surface area contributed by atoms with E-state index >= 15 is 0 Å². The molecule has 6 rings (SSSR count). The van der Waals surface area contributed by atoms with Crippen molar-refractivity contribution in [2.45, 2.75) is 42.4 Å². The predicted molar refractivity (Wildman–Crippen MR) is 160 cm³/mol. The zero-order valence-corrected chi connectivity index (χ0v) is 25.7. The van der Waals surface area contributed by atoms with Crippen molar-refractivity contribution in [1.29, 1.82) is 0 Å². The van der Waals surface area contributed by atoms with Gasteiger partial charge in [0.2, 0.25) is 11.8 Å². The summed E-state index contributed by atoms with van der Waals surface area (Å²) in [5, 5.41) is 29.8. The van der Waals surface area contributed by atoms with Gasteiger partial charge < -0.3 is 15.2 Å². The van der Waals surface area contributed by atoms with Gasteiger partial charge >= 0.3 is 7.12 Å². The molecule has 4 amide bonds. The van der Waals surface area contributed by atoms with Crippen LogP contribution in [0.5, 0.6) is 5.75 Å². The van der Waals surface area contributed by atoms with Crippen LogP contribution in [0.4, 0.5) is 5.69 Å². The Morgan fingerprint density at radius 3 is 2.29 bits per heavy atom. The van der Waals surface area contributed by atoms with Crippen LogP contribution in [0.15, 0.2) is 48.0 Å². The zero-order valence-electron chi connectivity index (χ0n) is 22.6. The summed E-state index contributed by atoms with van der Waals surface area (Å²) in [5.41, 5.74) is 2.49. The zero-order chi connectivity index (χ0) is 30.5. The number of aromatic hydroxyl groups is 1. The van der Waals surface area contributed by atoms with E-state index in [4.69, 9.17) is 23.2 Å². The Morgan fingerprint density at radius 1 is 1.00 bits per heavy atom. The Morgan fingerprint density at radius 2 is 1.67 bits per heavy atom. The quantitative estimate of drug-likeness (QED) is 0.149. The lowest BCUT2D eigenvalue weighted by Crippen LogP contribution is -2.60. The van der Waals surface area contributed by atoms with E-state index in [0.29, 0.717) is 22.3 Å². The van der Waals surface area contributed by atoms with Crippen molar-refractivity contribution < 1.29 is 34.3 Å². The summed E-state index contributed by atoms with van der Waals surface area (Å²) in [6.07, 6.45) is 1.89. The van der Waals surface area contributed by atoms with Crippen molar-refractivity contribution in [2.75, 3.05) is 10.4 Å². The van der Waals surface area contributed by atoms with Crippen LogP contribution in [0.2, 0.25) is 0 Å². The molecule has 9 nitrogen and oxygen atoms in total. The number of rotatable bonds is 4. The molecule has 13 heteroatoms. The smallest absolute Gasteiger partial charge is 0.488 e. The first-order valence-electron chi connectivity index (χ1n) is 13.4. The number of nitrogens with zero attached hydrogens (tertiary/aromatic N) is 2. The number of aryl methyl sites for hydroxylation is 2. The van der Waals surface area contributed by atoms with Gasteiger partial charge in [0, 0.05) is 5.92 Å². The van der Waals surface area contributed by atoms with E-state index in [9.17, 15) is 34.3 Å². The lowest BCUT2D eigenvalue weighted by atomic mass is 9.56. The number of fused-ring (bicyclic) bond motifs is 4. The lowest BCUT2D eigenvalue weighted by Gasteiger charge is -2.51. The molecule has 0 spiro atoms. The molecule has 0 radical (unpaired) electrons. The predicted octanol–water partition coefficient (Wildman–Crippen LogP) is 2.60. The molecular weight excluding hydrogens is 650 g/mol. The van der Waals surface area contributed by atoms with Crippen LogP contribution < -0.4 is 10.4 Å². The van der Waals surface area contributed by atoms with E-state index in [1.807, 2.05) is 6.08 Å². The molecule has 42 heavy (non-hydrogen) atoms. The van der Waals surface area contributed by atoms with Gasteiger partial charge in [0.1, 0.15) is 5.75 Å². The molecule has 2 heterocycles. The van der Waals surface area contributed by atoms with E-state index in [-0.39, 0.29) is 35.2 Å². The number of anilines is 1. The number of carbonyl (C=O) groups is 4. The molecule has 218 valence electrons. The highest BCUT2D eigenvalue weighted by atomic mass is 79.9. The highest BCUT2D eigenvalue weighted by molar-refractivity contribution is 9.09. The van der Waals surface area contributed by atoms with Crippen molar-refractivity contribution in [2.24, 2.45) is 17.8 Å². The van der Waals surface area contributed by atoms with Gasteiger partial charge in [0.05, 0.1) is 23.0 Å². The molecule has 2 aliphatic heterocycles. The molecule has 2 aromatic carbocycles. The molecule has 0 bridgehead atoms. The molecule has 4 aliphatic rings. The molecule has 2 saturated heterocycles. The number of likely N-dealkylation sites (tertiary alicyclic amines) is 1. The van der Waals surface area contributed by atoms with Crippen LogP contribution in [0.25, 0.3) is 0 Å². The third kappa shape index (κ3) is 3.76. The van der Waals surface area contributed by atoms with E-state index in [0.717, 1.165) is 9.80 Å². The average Bonchev–Trinajstić information content (AvgIpc) is 3.29. The number of imide groups is 2. The Bertz CT molecular complexity index is 1590. The number of carbonyl (C=O) groups excluding carboxylic acids is 4. The Hall–Kier alpha value is -2.70. The number of hydrogen-bond donors (Lipinski definition) is 3. The maximum absolute atomic E-state index is 14.1. The minimum Gasteiger partial charge on any atom is -0.507 e. The molecule has 6 unspecified atom stereocenters. The van der Waals surface area contributed by atoms with Gasteiger partial charge in [-0.2, -0.15) is 0 Å². The van der Waals surface area contributed by atoms with Crippen LogP contribution in [-0.4, -0.2) is 66.0 Å². The molecular formula is C29H26BBrCl2N2O7. The van der Waals surface area contributed by atoms with Crippen molar-refractivity contribution in [3.05, 3.63) is 64.7 Å². The van der Waals surface area contributed by atoms with Crippen LogP contribution in [0, 0.1) is 31.6 Å². The summed E-state index contributed by atoms with van der Waals surface area (Å²) in [7, 11) is -1.79. The van der Waals surface area contributed by atoms with Crippen molar-refractivity contribution >= 4 is 81.0 Å². The number of halogens is 3. The summed E-state index contributed by atoms with van der Waals surface area (Å²) in [6, 6.07) is 9.32. The standard InChI is InChI=1S/C29H26BBrCl2N2O7/c1-13-8-15(9-14(2)23(13)36)22-18-6-7-19-21(20(18)11-28(32)26(39)34(12-31)27(40)29(22,28)33)25(38)35(24(19)37)17-5-3-4-16(10-17)30(41)42/h3-6,8-10,19-22,36,41-42H,7,11-12H2,1-2H3. The molecule has 2 aromatic rings. The van der Waals surface area contributed by atoms with Gasteiger partial charge in [-0.05, 0) is 66.9 Å². The number of hydrogen-bond acceptors (Lipinski definition) is 7. The van der Waals surface area contributed by atoms with Crippen molar-refractivity contribution in [3.63, 3.8) is 0 Å². The number of allylic oxidation sites excluding steroid dienone is 2. The SMILES string of the molecule is Cc1cc(C2C3=CCC4C(=O)N(c5cccc(B(O)O)c5)C(=O)C4C3CC3(Cl)C(=O)N(CBr)C(=O)C23Cl)cc(C)c1O. The normalized spacial score (nSPS) is 32.1. The first-order valence-corrected chi connectivity index (χ1v) is 15.3. The topological polar surface area (TPSA) is 135 Å². The maximum Gasteiger partial charge on any atom is 0.488 e. The minimum absolute atomic E-state index is 0.0860. The Balaban J connectivity index is 1.52. The fourth-order valence-electron chi connectivity index (χ4n) is 7.36. The lowest BCUT2D eigenvalue weighted by molar-refractivity contribution is -0.138. The summed E-state index contributed by atoms with van der Waals surface area (Å²) in [4.78, 5) is 53.6. The van der Waals surface area contributed by atoms with Crippen molar-refractivity contribution in [1.82, 2.24) is 4.90 Å². The van der Waals surface area contributed by atoms with Gasteiger partial charge in [-0.3, -0.25) is 29.0 Å². The fraction of sp³-hybridized carbons (Fsp3) is 0.379. The second-order valence-corrected chi connectivity index (χ2v) is 13.2. The van der Waals surface area contributed by atoms with Crippen LogP contribution in [0.3, 0.4) is 0 Å². The van der Waals surface area contributed by atoms with Gasteiger partial charge in [-0.1, -0.05) is 51.8 Å². The first-order chi connectivity index (χ1) is 19.8. The van der Waals surface area contributed by atoms with Gasteiger partial charge in [0.15, 0.2) is 9.75 Å². The van der Waals surface area contributed by atoms with E-state index < -0.39 is 64.2 Å². The number of alkyl halides is 3. The second kappa shape index (κ2) is 9.92. The van der Waals surface area contributed by atoms with Gasteiger partial charge in [0.25, 0.3) is 11.8 Å². The summed E-state index contributed by atoms with van der Waals surface area (Å²) < 4.78 is 0. The molecule has 1 saturated carbocycles. The number of phenolic OH excluding ortho intramolecular Hbond substituents is 1. The molecule has 0 aromatic heterocycles. The highest BCUT2D eigenvalue weighted by Crippen LogP contribution is 2.65. The maximum atomic E-state index is 14.1. The number of phenols is 1. The minimum atomic E-state index is -1.93. The Labute approximate surface area is 260 Å². The summed E-state index contributed by atoms with van der Waals surface area (Å²) >= 11 is 17.7. The third-order valence-corrected chi connectivity index (χ3v) is 11.2. The van der Waals surface area contributed by atoms with Crippen LogP contribution in [0.1, 0.15) is 35.4 Å². The number of benzene rings is 2. The molecule has 3 fully saturated rings. The summed E-state index contributed by atoms with van der Waals surface area (Å²) in [5.74, 6) is -5.47. The van der Waals surface area contributed by atoms with E-state index in [2.05, 4.69) is 15.9 Å². The Kier molecular flexibility index (Phi) is 6.94. The van der Waals surface area contributed by atoms with E-state index in [1.165, 1.54) is 18.2 Å². The molecule has 6 atom stereocenters. The van der Waals surface area contributed by atoms with Crippen LogP contribution >= 0.6 is 39.1 Å². The van der Waals surface area contributed by atoms with Gasteiger partial charge in [-0.15, -0.1) is 23.2 Å². The molecule has 3 N–H and O–H groups in total. The average molecular weight is 676 g/mol. The number of amides is 4. The fourth-order valence-corrected chi connectivity index (χ4v) is 8.79. The van der Waals surface area contributed by atoms with Crippen molar-refractivity contribution in [3.8, 4) is 5.75 Å². The van der Waals surface area contributed by atoms with E-state index in [1.54, 1.807) is 32.0 Å². The monoisotopic (exact) mass is 674 g/mol. The largest absolute Gasteiger partial charge is 0.507 e. The highest BCUT2D eigenvalue weighted by Gasteiger charge is 2.76. The molecule has 2 aliphatic carbocycles. The van der Waals surface area contributed by atoms with Gasteiger partial charge in [-0.25, -0.2) is 0 Å². The third-order valence-electron chi connectivity index (χ3n) is 9.29. The second-order valence-electron chi connectivity index (χ2n) is 11.5. The van der Waals surface area contributed by atoms with Crippen LogP contribution in [-0.2, 0) is 19.2 Å². The first kappa shape index (κ1) is 29.4.